The van der Waals surface area contributed by atoms with Crippen LogP contribution in [0.2, 0.25) is 0 Å². The van der Waals surface area contributed by atoms with Crippen LogP contribution in [0.3, 0.4) is 0 Å². The van der Waals surface area contributed by atoms with E-state index >= 15 is 0 Å². The predicted octanol–water partition coefficient (Wildman–Crippen LogP) is 2.95. The van der Waals surface area contributed by atoms with Crippen molar-refractivity contribution in [2.24, 2.45) is 11.7 Å². The van der Waals surface area contributed by atoms with Crippen LogP contribution < -0.4 is 10.6 Å². The summed E-state index contributed by atoms with van der Waals surface area (Å²) < 4.78 is 14.2. The molecule has 0 amide bonds. The molecule has 1 aliphatic rings. The molecule has 0 radical (unpaired) electrons. The van der Waals surface area contributed by atoms with Crippen LogP contribution >= 0.6 is 0 Å². The van der Waals surface area contributed by atoms with Gasteiger partial charge in [-0.15, -0.1) is 0 Å². The van der Waals surface area contributed by atoms with E-state index in [2.05, 4.69) is 18.7 Å². The highest BCUT2D eigenvalue weighted by Crippen LogP contribution is 2.31. The van der Waals surface area contributed by atoms with Gasteiger partial charge < -0.3 is 10.6 Å². The van der Waals surface area contributed by atoms with Gasteiger partial charge in [-0.1, -0.05) is 13.0 Å². The highest BCUT2D eigenvalue weighted by Gasteiger charge is 2.27. The molecule has 1 fully saturated rings. The first-order chi connectivity index (χ1) is 8.47. The highest BCUT2D eigenvalue weighted by atomic mass is 19.1. The summed E-state index contributed by atoms with van der Waals surface area (Å²) in [7, 11) is 0. The third kappa shape index (κ3) is 2.83. The van der Waals surface area contributed by atoms with Crippen LogP contribution in [0.5, 0.6) is 0 Å². The van der Waals surface area contributed by atoms with Crippen molar-refractivity contribution in [1.29, 1.82) is 0 Å². The highest BCUT2D eigenvalue weighted by molar-refractivity contribution is 5.51. The summed E-state index contributed by atoms with van der Waals surface area (Å²) in [5.41, 5.74) is 7.46. The molecule has 3 atom stereocenters. The van der Waals surface area contributed by atoms with Gasteiger partial charge in [0.25, 0.3) is 0 Å². The number of anilines is 1. The average molecular weight is 250 g/mol. The predicted molar refractivity (Wildman–Crippen MR) is 74.3 cm³/mol. The summed E-state index contributed by atoms with van der Waals surface area (Å²) in [4.78, 5) is 2.18. The molecule has 1 aliphatic heterocycles. The van der Waals surface area contributed by atoms with E-state index in [1.165, 1.54) is 0 Å². The van der Waals surface area contributed by atoms with Gasteiger partial charge in [0.2, 0.25) is 0 Å². The minimum Gasteiger partial charge on any atom is -0.366 e. The Hall–Kier alpha value is -1.09. The molecule has 1 heterocycles. The lowest BCUT2D eigenvalue weighted by Gasteiger charge is -2.24. The maximum atomic E-state index is 14.2. The normalized spacial score (nSPS) is 25.5. The van der Waals surface area contributed by atoms with Crippen LogP contribution in [-0.2, 0) is 6.42 Å². The fraction of sp³-hybridized carbons (Fsp3) is 0.600. The number of rotatable bonds is 3. The van der Waals surface area contributed by atoms with E-state index in [9.17, 15) is 4.39 Å². The van der Waals surface area contributed by atoms with E-state index in [1.54, 1.807) is 6.07 Å². The second-order valence-corrected chi connectivity index (χ2v) is 5.81. The standard InChI is InChI=1S/C15H23FN2/c1-10-6-12(3)18(9-10)15-5-4-13(7-11(2)17)8-14(15)16/h4-5,8,10-12H,6-7,9,17H2,1-3H3. The second kappa shape index (κ2) is 5.27. The van der Waals surface area contributed by atoms with E-state index < -0.39 is 0 Å². The number of nitrogens with two attached hydrogens (primary N) is 1. The Morgan fingerprint density at radius 3 is 2.67 bits per heavy atom. The Bertz CT molecular complexity index is 417. The van der Waals surface area contributed by atoms with Crippen molar-refractivity contribution in [3.05, 3.63) is 29.6 Å². The van der Waals surface area contributed by atoms with Gasteiger partial charge in [0.05, 0.1) is 5.69 Å². The van der Waals surface area contributed by atoms with Gasteiger partial charge in [0.1, 0.15) is 5.82 Å². The third-order valence-electron chi connectivity index (χ3n) is 3.66. The molecule has 18 heavy (non-hydrogen) atoms. The van der Waals surface area contributed by atoms with Crippen molar-refractivity contribution in [3.63, 3.8) is 0 Å². The molecule has 0 saturated carbocycles. The lowest BCUT2D eigenvalue weighted by Crippen LogP contribution is -2.27. The first-order valence-corrected chi connectivity index (χ1v) is 6.78. The van der Waals surface area contributed by atoms with E-state index in [4.69, 9.17) is 5.73 Å². The van der Waals surface area contributed by atoms with Crippen LogP contribution in [0.4, 0.5) is 10.1 Å². The van der Waals surface area contributed by atoms with Crippen molar-refractivity contribution in [2.45, 2.75) is 45.7 Å². The van der Waals surface area contributed by atoms with Crippen molar-refractivity contribution in [2.75, 3.05) is 11.4 Å². The van der Waals surface area contributed by atoms with Crippen molar-refractivity contribution in [3.8, 4) is 0 Å². The number of halogens is 1. The molecule has 1 saturated heterocycles. The molecule has 0 aliphatic carbocycles. The lowest BCUT2D eigenvalue weighted by molar-refractivity contribution is 0.608. The van der Waals surface area contributed by atoms with Gasteiger partial charge in [-0.25, -0.2) is 4.39 Å². The topological polar surface area (TPSA) is 29.3 Å². The summed E-state index contributed by atoms with van der Waals surface area (Å²) in [6.45, 7) is 7.28. The van der Waals surface area contributed by atoms with Gasteiger partial charge in [-0.2, -0.15) is 0 Å². The Morgan fingerprint density at radius 1 is 1.44 bits per heavy atom. The summed E-state index contributed by atoms with van der Waals surface area (Å²) in [5.74, 6) is 0.525. The van der Waals surface area contributed by atoms with Crippen LogP contribution in [0.1, 0.15) is 32.8 Å². The van der Waals surface area contributed by atoms with Crippen LogP contribution in [0.25, 0.3) is 0 Å². The first kappa shape index (κ1) is 13.3. The second-order valence-electron chi connectivity index (χ2n) is 5.81. The summed E-state index contributed by atoms with van der Waals surface area (Å²) >= 11 is 0. The fourth-order valence-electron chi connectivity index (χ4n) is 2.92. The maximum Gasteiger partial charge on any atom is 0.146 e. The number of hydrogen-bond acceptors (Lipinski definition) is 2. The van der Waals surface area contributed by atoms with Gasteiger partial charge in [-0.3, -0.25) is 0 Å². The zero-order valence-corrected chi connectivity index (χ0v) is 11.5. The van der Waals surface area contributed by atoms with Gasteiger partial charge in [-0.05, 0) is 50.3 Å². The molecule has 3 unspecified atom stereocenters. The van der Waals surface area contributed by atoms with Crippen LogP contribution in [0, 0.1) is 11.7 Å². The quantitative estimate of drug-likeness (QED) is 0.893. The molecule has 0 spiro atoms. The Kier molecular flexibility index (Phi) is 3.91. The van der Waals surface area contributed by atoms with Gasteiger partial charge in [0.15, 0.2) is 0 Å². The molecule has 2 nitrogen and oxygen atoms in total. The first-order valence-electron chi connectivity index (χ1n) is 6.78. The van der Waals surface area contributed by atoms with E-state index in [1.807, 2.05) is 19.1 Å². The van der Waals surface area contributed by atoms with Gasteiger partial charge in [0, 0.05) is 18.6 Å². The smallest absolute Gasteiger partial charge is 0.146 e. The zero-order valence-electron chi connectivity index (χ0n) is 11.5. The summed E-state index contributed by atoms with van der Waals surface area (Å²) in [6, 6.07) is 6.03. The van der Waals surface area contributed by atoms with Crippen molar-refractivity contribution >= 4 is 5.69 Å². The van der Waals surface area contributed by atoms with E-state index in [0.29, 0.717) is 12.0 Å². The minimum absolute atomic E-state index is 0.0704. The largest absolute Gasteiger partial charge is 0.366 e. The van der Waals surface area contributed by atoms with Crippen molar-refractivity contribution in [1.82, 2.24) is 0 Å². The molecule has 2 N–H and O–H groups in total. The number of hydrogen-bond donors (Lipinski definition) is 1. The number of benzene rings is 1. The minimum atomic E-state index is -0.117. The molecule has 1 aromatic carbocycles. The number of nitrogens with zero attached hydrogens (tertiary/aromatic N) is 1. The molecule has 0 bridgehead atoms. The average Bonchev–Trinajstić information content (AvgIpc) is 2.57. The summed E-state index contributed by atoms with van der Waals surface area (Å²) in [6.07, 6.45) is 1.87. The molecule has 0 aromatic heterocycles. The van der Waals surface area contributed by atoms with Gasteiger partial charge >= 0.3 is 0 Å². The summed E-state index contributed by atoms with van der Waals surface area (Å²) in [5, 5.41) is 0. The lowest BCUT2D eigenvalue weighted by atomic mass is 10.1. The zero-order chi connectivity index (χ0) is 13.3. The molecular weight excluding hydrogens is 227 g/mol. The molecular formula is C15H23FN2. The molecule has 100 valence electrons. The molecule has 2 rings (SSSR count). The Balaban J connectivity index is 2.19. The monoisotopic (exact) mass is 250 g/mol. The third-order valence-corrected chi connectivity index (χ3v) is 3.66. The maximum absolute atomic E-state index is 14.2. The van der Waals surface area contributed by atoms with Crippen LogP contribution in [0.15, 0.2) is 18.2 Å². The van der Waals surface area contributed by atoms with Crippen molar-refractivity contribution < 1.29 is 4.39 Å². The van der Waals surface area contributed by atoms with Crippen LogP contribution in [-0.4, -0.2) is 18.6 Å². The molecule has 1 aromatic rings. The fourth-order valence-corrected chi connectivity index (χ4v) is 2.92. The van der Waals surface area contributed by atoms with E-state index in [0.717, 1.165) is 30.6 Å². The SMILES string of the molecule is CC(N)Cc1ccc(N2CC(C)CC2C)c(F)c1. The Morgan fingerprint density at radius 2 is 2.17 bits per heavy atom. The van der Waals surface area contributed by atoms with E-state index in [-0.39, 0.29) is 11.9 Å². The Labute approximate surface area is 109 Å². The molecule has 3 heteroatoms.